The number of benzene rings is 1. The summed E-state index contributed by atoms with van der Waals surface area (Å²) in [5, 5.41) is 9.21. The Morgan fingerprint density at radius 3 is 2.83 bits per heavy atom. The van der Waals surface area contributed by atoms with E-state index in [1.807, 2.05) is 18.2 Å². The van der Waals surface area contributed by atoms with Gasteiger partial charge in [-0.3, -0.25) is 0 Å². The first-order valence-corrected chi connectivity index (χ1v) is 6.03. The summed E-state index contributed by atoms with van der Waals surface area (Å²) in [7, 11) is 3.24. The minimum absolute atomic E-state index is 0.125. The summed E-state index contributed by atoms with van der Waals surface area (Å²) in [4.78, 5) is 0. The van der Waals surface area contributed by atoms with Crippen LogP contribution in [0.2, 0.25) is 0 Å². The highest BCUT2D eigenvalue weighted by molar-refractivity contribution is 5.42. The van der Waals surface area contributed by atoms with Crippen LogP contribution in [0.3, 0.4) is 0 Å². The minimum Gasteiger partial charge on any atom is -0.497 e. The van der Waals surface area contributed by atoms with E-state index in [1.54, 1.807) is 14.2 Å². The van der Waals surface area contributed by atoms with Crippen molar-refractivity contribution in [3.8, 4) is 17.6 Å². The largest absolute Gasteiger partial charge is 0.497 e. The summed E-state index contributed by atoms with van der Waals surface area (Å²) < 4.78 is 16.3. The molecule has 2 unspecified atom stereocenters. The maximum Gasteiger partial charge on any atom is 0.124 e. The van der Waals surface area contributed by atoms with E-state index in [1.165, 1.54) is 0 Å². The average Bonchev–Trinajstić information content (AvgIpc) is 2.46. The van der Waals surface area contributed by atoms with Gasteiger partial charge in [0.1, 0.15) is 17.6 Å². The normalized spacial score (nSPS) is 23.2. The quantitative estimate of drug-likeness (QED) is 0.824. The molecule has 0 radical (unpaired) electrons. The molecule has 0 N–H and O–H groups in total. The minimum atomic E-state index is -0.228. The van der Waals surface area contributed by atoms with Gasteiger partial charge >= 0.3 is 0 Å². The molecular formula is C14H17NO3. The van der Waals surface area contributed by atoms with E-state index in [9.17, 15) is 5.26 Å². The molecule has 1 fully saturated rings. The molecule has 1 aliphatic rings. The van der Waals surface area contributed by atoms with Gasteiger partial charge in [-0.15, -0.1) is 0 Å². The molecule has 2 rings (SSSR count). The van der Waals surface area contributed by atoms with Gasteiger partial charge in [0, 0.05) is 12.2 Å². The zero-order chi connectivity index (χ0) is 13.0. The van der Waals surface area contributed by atoms with E-state index < -0.39 is 0 Å². The fourth-order valence-corrected chi connectivity index (χ4v) is 2.28. The molecule has 0 aliphatic carbocycles. The summed E-state index contributed by atoms with van der Waals surface area (Å²) in [6, 6.07) is 7.90. The lowest BCUT2D eigenvalue weighted by molar-refractivity contribution is -0.0115. The second-order valence-corrected chi connectivity index (χ2v) is 4.28. The van der Waals surface area contributed by atoms with Crippen LogP contribution in [-0.4, -0.2) is 20.8 Å². The first kappa shape index (κ1) is 12.7. The molecule has 0 spiro atoms. The highest BCUT2D eigenvalue weighted by atomic mass is 16.5. The van der Waals surface area contributed by atoms with Crippen LogP contribution in [-0.2, 0) is 4.74 Å². The molecule has 0 bridgehead atoms. The molecule has 1 aromatic rings. The van der Waals surface area contributed by atoms with Gasteiger partial charge in [-0.2, -0.15) is 5.26 Å². The van der Waals surface area contributed by atoms with Gasteiger partial charge in [0.25, 0.3) is 0 Å². The Balaban J connectivity index is 2.37. The van der Waals surface area contributed by atoms with Crippen molar-refractivity contribution >= 4 is 0 Å². The van der Waals surface area contributed by atoms with Crippen molar-refractivity contribution in [2.45, 2.75) is 18.9 Å². The maximum atomic E-state index is 9.21. The summed E-state index contributed by atoms with van der Waals surface area (Å²) in [6.45, 7) is 0.684. The Hall–Kier alpha value is -1.73. The van der Waals surface area contributed by atoms with Crippen LogP contribution in [0.4, 0.5) is 0 Å². The number of nitrogens with zero attached hydrogens (tertiary/aromatic N) is 1. The molecule has 1 heterocycles. The second-order valence-electron chi connectivity index (χ2n) is 4.28. The predicted molar refractivity (Wildman–Crippen MR) is 66.6 cm³/mol. The van der Waals surface area contributed by atoms with Gasteiger partial charge in [-0.1, -0.05) is 0 Å². The van der Waals surface area contributed by atoms with E-state index in [-0.39, 0.29) is 12.0 Å². The highest BCUT2D eigenvalue weighted by Crippen LogP contribution is 2.39. The topological polar surface area (TPSA) is 51.5 Å². The van der Waals surface area contributed by atoms with E-state index in [2.05, 4.69) is 6.07 Å². The van der Waals surface area contributed by atoms with Gasteiger partial charge in [0.2, 0.25) is 0 Å². The van der Waals surface area contributed by atoms with Crippen LogP contribution >= 0.6 is 0 Å². The molecule has 4 heteroatoms. The van der Waals surface area contributed by atoms with Crippen molar-refractivity contribution in [1.82, 2.24) is 0 Å². The Kier molecular flexibility index (Phi) is 4.06. The van der Waals surface area contributed by atoms with Crippen LogP contribution < -0.4 is 9.47 Å². The Morgan fingerprint density at radius 2 is 2.17 bits per heavy atom. The predicted octanol–water partition coefficient (Wildman–Crippen LogP) is 2.70. The van der Waals surface area contributed by atoms with E-state index in [0.29, 0.717) is 6.61 Å². The van der Waals surface area contributed by atoms with E-state index in [0.717, 1.165) is 29.9 Å². The van der Waals surface area contributed by atoms with Crippen molar-refractivity contribution < 1.29 is 14.2 Å². The number of methoxy groups -OCH3 is 2. The third-order valence-corrected chi connectivity index (χ3v) is 3.23. The first-order chi connectivity index (χ1) is 8.80. The van der Waals surface area contributed by atoms with E-state index in [4.69, 9.17) is 14.2 Å². The molecule has 1 aromatic carbocycles. The van der Waals surface area contributed by atoms with Crippen LogP contribution in [0, 0.1) is 17.2 Å². The summed E-state index contributed by atoms with van der Waals surface area (Å²) in [6.07, 6.45) is 1.57. The zero-order valence-electron chi connectivity index (χ0n) is 10.7. The molecule has 18 heavy (non-hydrogen) atoms. The highest BCUT2D eigenvalue weighted by Gasteiger charge is 2.30. The third-order valence-electron chi connectivity index (χ3n) is 3.23. The van der Waals surface area contributed by atoms with Crippen LogP contribution in [0.25, 0.3) is 0 Å². The lowest BCUT2D eigenvalue weighted by Gasteiger charge is -2.28. The molecule has 1 aliphatic heterocycles. The fourth-order valence-electron chi connectivity index (χ4n) is 2.28. The van der Waals surface area contributed by atoms with Crippen LogP contribution in [0.1, 0.15) is 24.5 Å². The van der Waals surface area contributed by atoms with Crippen molar-refractivity contribution in [2.75, 3.05) is 20.8 Å². The molecule has 0 saturated carbocycles. The molecular weight excluding hydrogens is 230 g/mol. The first-order valence-electron chi connectivity index (χ1n) is 6.03. The Morgan fingerprint density at radius 1 is 1.33 bits per heavy atom. The third kappa shape index (κ3) is 2.41. The molecule has 0 aromatic heterocycles. The van der Waals surface area contributed by atoms with Crippen molar-refractivity contribution in [3.63, 3.8) is 0 Å². The number of hydrogen-bond acceptors (Lipinski definition) is 4. The number of nitriles is 1. The van der Waals surface area contributed by atoms with Crippen LogP contribution in [0.5, 0.6) is 11.5 Å². The summed E-state index contributed by atoms with van der Waals surface area (Å²) in [5.74, 6) is 1.36. The van der Waals surface area contributed by atoms with Gasteiger partial charge in [-0.05, 0) is 31.0 Å². The second kappa shape index (κ2) is 5.74. The monoisotopic (exact) mass is 247 g/mol. The molecule has 4 nitrogen and oxygen atoms in total. The number of hydrogen-bond donors (Lipinski definition) is 0. The smallest absolute Gasteiger partial charge is 0.124 e. The van der Waals surface area contributed by atoms with Gasteiger partial charge in [-0.25, -0.2) is 0 Å². The summed E-state index contributed by atoms with van der Waals surface area (Å²) in [5.41, 5.74) is 0.892. The van der Waals surface area contributed by atoms with Crippen molar-refractivity contribution in [1.29, 1.82) is 5.26 Å². The molecule has 2 atom stereocenters. The van der Waals surface area contributed by atoms with Crippen molar-refractivity contribution in [3.05, 3.63) is 23.8 Å². The van der Waals surface area contributed by atoms with Gasteiger partial charge in [0.05, 0.1) is 26.2 Å². The van der Waals surface area contributed by atoms with E-state index >= 15 is 0 Å². The molecule has 1 saturated heterocycles. The maximum absolute atomic E-state index is 9.21. The Labute approximate surface area is 107 Å². The zero-order valence-corrected chi connectivity index (χ0v) is 10.7. The number of ether oxygens (including phenoxy) is 3. The standard InChI is InChI=1S/C14H17NO3/c1-16-11-5-6-13(17-2)12(8-11)14-10(9-15)4-3-7-18-14/h5-6,8,10,14H,3-4,7H2,1-2H3. The lowest BCUT2D eigenvalue weighted by Crippen LogP contribution is -2.22. The van der Waals surface area contributed by atoms with Crippen LogP contribution in [0.15, 0.2) is 18.2 Å². The SMILES string of the molecule is COc1ccc(OC)c(C2OCCCC2C#N)c1. The number of rotatable bonds is 3. The fraction of sp³-hybridized carbons (Fsp3) is 0.500. The lowest BCUT2D eigenvalue weighted by atomic mass is 9.90. The van der Waals surface area contributed by atoms with Crippen molar-refractivity contribution in [2.24, 2.45) is 5.92 Å². The average molecular weight is 247 g/mol. The Bertz CT molecular complexity index is 453. The molecule has 0 amide bonds. The van der Waals surface area contributed by atoms with Gasteiger partial charge < -0.3 is 14.2 Å². The van der Waals surface area contributed by atoms with Gasteiger partial charge in [0.15, 0.2) is 0 Å². The summed E-state index contributed by atoms with van der Waals surface area (Å²) >= 11 is 0. The molecule has 96 valence electrons.